The number of rotatable bonds is 5. The zero-order valence-electron chi connectivity index (χ0n) is 13.8. The third-order valence-corrected chi connectivity index (χ3v) is 3.77. The van der Waals surface area contributed by atoms with Gasteiger partial charge in [0.2, 0.25) is 0 Å². The molecule has 128 valence electrons. The number of nitrogens with zero attached hydrogens (tertiary/aromatic N) is 1. The molecule has 0 saturated heterocycles. The molecular formula is C22H15F2NO. The van der Waals surface area contributed by atoms with Gasteiger partial charge in [-0.1, -0.05) is 42.5 Å². The SMILES string of the molecule is N#CC(=Cc1cccc(OCc2ccc(F)cc2)c1)c1ccccc1F. The van der Waals surface area contributed by atoms with Crippen LogP contribution in [0.25, 0.3) is 11.6 Å². The Bertz CT molecular complexity index is 972. The summed E-state index contributed by atoms with van der Waals surface area (Å²) >= 11 is 0. The molecule has 0 aromatic heterocycles. The van der Waals surface area contributed by atoms with Crippen molar-refractivity contribution in [2.75, 3.05) is 0 Å². The number of benzene rings is 3. The Labute approximate surface area is 150 Å². The number of ether oxygens (including phenoxy) is 1. The van der Waals surface area contributed by atoms with Crippen molar-refractivity contribution in [1.82, 2.24) is 0 Å². The molecule has 3 aromatic carbocycles. The summed E-state index contributed by atoms with van der Waals surface area (Å²) in [5, 5.41) is 9.36. The number of hydrogen-bond donors (Lipinski definition) is 0. The van der Waals surface area contributed by atoms with Gasteiger partial charge in [0, 0.05) is 5.56 Å². The topological polar surface area (TPSA) is 33.0 Å². The zero-order chi connectivity index (χ0) is 18.4. The van der Waals surface area contributed by atoms with Gasteiger partial charge < -0.3 is 4.74 Å². The molecule has 0 spiro atoms. The zero-order valence-corrected chi connectivity index (χ0v) is 13.8. The Kier molecular flexibility index (Phi) is 5.40. The van der Waals surface area contributed by atoms with E-state index in [4.69, 9.17) is 4.74 Å². The van der Waals surface area contributed by atoms with Crippen LogP contribution >= 0.6 is 0 Å². The predicted octanol–water partition coefficient (Wildman–Crippen LogP) is 5.61. The molecule has 0 radical (unpaired) electrons. The van der Waals surface area contributed by atoms with Gasteiger partial charge in [-0.15, -0.1) is 0 Å². The quantitative estimate of drug-likeness (QED) is 0.444. The van der Waals surface area contributed by atoms with Crippen LogP contribution in [0.4, 0.5) is 8.78 Å². The molecule has 0 atom stereocenters. The summed E-state index contributed by atoms with van der Waals surface area (Å²) in [7, 11) is 0. The summed E-state index contributed by atoms with van der Waals surface area (Å²) in [6.07, 6.45) is 1.61. The smallest absolute Gasteiger partial charge is 0.131 e. The van der Waals surface area contributed by atoms with Crippen molar-refractivity contribution in [1.29, 1.82) is 5.26 Å². The number of halogens is 2. The highest BCUT2D eigenvalue weighted by atomic mass is 19.1. The molecule has 0 unspecified atom stereocenters. The predicted molar refractivity (Wildman–Crippen MR) is 97.1 cm³/mol. The number of allylic oxidation sites excluding steroid dienone is 1. The van der Waals surface area contributed by atoms with Gasteiger partial charge in [-0.3, -0.25) is 0 Å². The monoisotopic (exact) mass is 347 g/mol. The lowest BCUT2D eigenvalue weighted by atomic mass is 10.0. The van der Waals surface area contributed by atoms with Crippen LogP contribution in [0.15, 0.2) is 72.8 Å². The van der Waals surface area contributed by atoms with Gasteiger partial charge in [0.25, 0.3) is 0 Å². The largest absolute Gasteiger partial charge is 0.489 e. The molecule has 0 heterocycles. The van der Waals surface area contributed by atoms with Crippen LogP contribution in [-0.2, 0) is 6.61 Å². The van der Waals surface area contributed by atoms with E-state index in [1.807, 2.05) is 12.1 Å². The highest BCUT2D eigenvalue weighted by Gasteiger charge is 2.07. The van der Waals surface area contributed by atoms with Crippen LogP contribution in [0.2, 0.25) is 0 Å². The van der Waals surface area contributed by atoms with Crippen LogP contribution < -0.4 is 4.74 Å². The van der Waals surface area contributed by atoms with Crippen molar-refractivity contribution in [3.63, 3.8) is 0 Å². The number of nitriles is 1. The lowest BCUT2D eigenvalue weighted by molar-refractivity contribution is 0.306. The Morgan fingerprint density at radius 3 is 2.46 bits per heavy atom. The minimum Gasteiger partial charge on any atom is -0.489 e. The lowest BCUT2D eigenvalue weighted by Crippen LogP contribution is -1.95. The van der Waals surface area contributed by atoms with E-state index in [2.05, 4.69) is 0 Å². The van der Waals surface area contributed by atoms with E-state index in [-0.39, 0.29) is 17.0 Å². The maximum Gasteiger partial charge on any atom is 0.131 e. The van der Waals surface area contributed by atoms with E-state index >= 15 is 0 Å². The van der Waals surface area contributed by atoms with Crippen molar-refractivity contribution in [2.45, 2.75) is 6.61 Å². The van der Waals surface area contributed by atoms with Gasteiger partial charge in [0.1, 0.15) is 24.0 Å². The molecule has 2 nitrogen and oxygen atoms in total. The Hall–Kier alpha value is -3.45. The highest BCUT2D eigenvalue weighted by molar-refractivity contribution is 5.89. The summed E-state index contributed by atoms with van der Waals surface area (Å²) in [5.74, 6) is -0.129. The maximum atomic E-state index is 13.9. The second-order valence-electron chi connectivity index (χ2n) is 5.64. The van der Waals surface area contributed by atoms with Crippen LogP contribution in [0, 0.1) is 23.0 Å². The van der Waals surface area contributed by atoms with Crippen LogP contribution in [-0.4, -0.2) is 0 Å². The van der Waals surface area contributed by atoms with E-state index in [0.29, 0.717) is 12.4 Å². The Morgan fingerprint density at radius 1 is 0.962 bits per heavy atom. The minimum absolute atomic E-state index is 0.235. The second kappa shape index (κ2) is 8.09. The summed E-state index contributed by atoms with van der Waals surface area (Å²) < 4.78 is 32.5. The first-order chi connectivity index (χ1) is 12.7. The number of hydrogen-bond acceptors (Lipinski definition) is 2. The maximum absolute atomic E-state index is 13.9. The first-order valence-electron chi connectivity index (χ1n) is 8.00. The molecule has 0 aliphatic heterocycles. The van der Waals surface area contributed by atoms with Crippen molar-refractivity contribution < 1.29 is 13.5 Å². The minimum atomic E-state index is -0.441. The van der Waals surface area contributed by atoms with Crippen LogP contribution in [0.3, 0.4) is 0 Å². The molecule has 0 amide bonds. The Balaban J connectivity index is 1.79. The average molecular weight is 347 g/mol. The molecule has 0 bridgehead atoms. The molecular weight excluding hydrogens is 332 g/mol. The van der Waals surface area contributed by atoms with E-state index in [0.717, 1.165) is 11.1 Å². The van der Waals surface area contributed by atoms with E-state index in [1.54, 1.807) is 54.6 Å². The third kappa shape index (κ3) is 4.34. The molecule has 3 rings (SSSR count). The van der Waals surface area contributed by atoms with Gasteiger partial charge in [-0.05, 0) is 47.5 Å². The van der Waals surface area contributed by atoms with Crippen molar-refractivity contribution >= 4 is 11.6 Å². The molecule has 0 N–H and O–H groups in total. The molecule has 26 heavy (non-hydrogen) atoms. The summed E-state index contributed by atoms with van der Waals surface area (Å²) in [4.78, 5) is 0. The van der Waals surface area contributed by atoms with Crippen molar-refractivity contribution in [3.8, 4) is 11.8 Å². The van der Waals surface area contributed by atoms with E-state index in [9.17, 15) is 14.0 Å². The van der Waals surface area contributed by atoms with Gasteiger partial charge in [-0.25, -0.2) is 8.78 Å². The van der Waals surface area contributed by atoms with Gasteiger partial charge in [0.15, 0.2) is 0 Å². The standard InChI is InChI=1S/C22H15F2NO/c23-19-10-8-16(9-11-19)15-26-20-5-3-4-17(13-20)12-18(14-25)21-6-1-2-7-22(21)24/h1-13H,15H2. The fraction of sp³-hybridized carbons (Fsp3) is 0.0455. The average Bonchev–Trinajstić information content (AvgIpc) is 2.67. The van der Waals surface area contributed by atoms with E-state index in [1.165, 1.54) is 18.2 Å². The van der Waals surface area contributed by atoms with Gasteiger partial charge in [0.05, 0.1) is 11.6 Å². The normalized spacial score (nSPS) is 11.0. The summed E-state index contributed by atoms with van der Waals surface area (Å²) in [5.41, 5.74) is 2.06. The third-order valence-electron chi connectivity index (χ3n) is 3.77. The molecule has 0 aliphatic carbocycles. The molecule has 0 fully saturated rings. The fourth-order valence-corrected chi connectivity index (χ4v) is 2.46. The summed E-state index contributed by atoms with van der Waals surface area (Å²) in [6.45, 7) is 0.297. The van der Waals surface area contributed by atoms with Gasteiger partial charge in [-0.2, -0.15) is 5.26 Å². The fourth-order valence-electron chi connectivity index (χ4n) is 2.46. The summed E-state index contributed by atoms with van der Waals surface area (Å²) in [6, 6.07) is 21.4. The van der Waals surface area contributed by atoms with Crippen molar-refractivity contribution in [2.24, 2.45) is 0 Å². The first kappa shape index (κ1) is 17.4. The van der Waals surface area contributed by atoms with Crippen LogP contribution in [0.5, 0.6) is 5.75 Å². The van der Waals surface area contributed by atoms with Crippen LogP contribution in [0.1, 0.15) is 16.7 Å². The van der Waals surface area contributed by atoms with Gasteiger partial charge >= 0.3 is 0 Å². The highest BCUT2D eigenvalue weighted by Crippen LogP contribution is 2.23. The van der Waals surface area contributed by atoms with E-state index < -0.39 is 5.82 Å². The molecule has 4 heteroatoms. The van der Waals surface area contributed by atoms with Crippen molar-refractivity contribution in [3.05, 3.63) is 101 Å². The molecule has 0 aliphatic rings. The second-order valence-corrected chi connectivity index (χ2v) is 5.64. The molecule has 3 aromatic rings. The first-order valence-corrected chi connectivity index (χ1v) is 8.00. The Morgan fingerprint density at radius 2 is 1.73 bits per heavy atom. The molecule has 0 saturated carbocycles. The lowest BCUT2D eigenvalue weighted by Gasteiger charge is -2.07.